The van der Waals surface area contributed by atoms with E-state index < -0.39 is 0 Å². The molecule has 1 aliphatic carbocycles. The fourth-order valence-corrected chi connectivity index (χ4v) is 4.00. The highest BCUT2D eigenvalue weighted by Gasteiger charge is 2.34. The van der Waals surface area contributed by atoms with Crippen LogP contribution in [0.2, 0.25) is 0 Å². The Morgan fingerprint density at radius 1 is 1.31 bits per heavy atom. The second kappa shape index (κ2) is 10.2. The molecule has 0 atom stereocenters. The molecule has 0 spiro atoms. The lowest BCUT2D eigenvalue weighted by molar-refractivity contribution is 0.131. The molecular formula is C19H36N6S. The van der Waals surface area contributed by atoms with Gasteiger partial charge < -0.3 is 15.2 Å². The quantitative estimate of drug-likeness (QED) is 0.282. The Morgan fingerprint density at radius 3 is 2.62 bits per heavy atom. The number of aryl methyl sites for hydroxylation is 1. The molecule has 2 N–H and O–H groups in total. The van der Waals surface area contributed by atoms with E-state index in [4.69, 9.17) is 0 Å². The third kappa shape index (κ3) is 5.63. The van der Waals surface area contributed by atoms with Crippen molar-refractivity contribution in [3.05, 3.63) is 5.82 Å². The smallest absolute Gasteiger partial charge is 0.190 e. The predicted molar refractivity (Wildman–Crippen MR) is 111 cm³/mol. The van der Waals surface area contributed by atoms with Gasteiger partial charge in [0.1, 0.15) is 5.82 Å². The van der Waals surface area contributed by atoms with Crippen molar-refractivity contribution in [2.24, 2.45) is 16.3 Å². The molecule has 2 rings (SSSR count). The van der Waals surface area contributed by atoms with E-state index in [-0.39, 0.29) is 0 Å². The fraction of sp³-hybridized carbons (Fsp3) is 0.842. The number of thioether (sulfide) groups is 1. The second-order valence-electron chi connectivity index (χ2n) is 7.77. The van der Waals surface area contributed by atoms with Crippen molar-refractivity contribution < 1.29 is 0 Å². The van der Waals surface area contributed by atoms with E-state index in [9.17, 15) is 0 Å². The van der Waals surface area contributed by atoms with Gasteiger partial charge in [0.2, 0.25) is 0 Å². The van der Waals surface area contributed by atoms with Crippen molar-refractivity contribution in [3.63, 3.8) is 0 Å². The van der Waals surface area contributed by atoms with Gasteiger partial charge in [0.15, 0.2) is 11.1 Å². The third-order valence-electron chi connectivity index (χ3n) is 5.41. The lowest BCUT2D eigenvalue weighted by Gasteiger charge is -2.41. The van der Waals surface area contributed by atoms with E-state index in [0.29, 0.717) is 11.3 Å². The summed E-state index contributed by atoms with van der Waals surface area (Å²) in [6.45, 7) is 9.67. The number of hydrogen-bond donors (Lipinski definition) is 2. The molecule has 6 nitrogen and oxygen atoms in total. The first kappa shape index (κ1) is 21.1. The summed E-state index contributed by atoms with van der Waals surface area (Å²) >= 11 is 1.67. The second-order valence-corrected chi connectivity index (χ2v) is 8.54. The highest BCUT2D eigenvalue weighted by atomic mass is 32.2. The molecule has 1 aromatic heterocycles. The summed E-state index contributed by atoms with van der Waals surface area (Å²) in [7, 11) is 1.85. The topological polar surface area (TPSA) is 67.1 Å². The van der Waals surface area contributed by atoms with Crippen LogP contribution in [0.4, 0.5) is 0 Å². The van der Waals surface area contributed by atoms with E-state index >= 15 is 0 Å². The van der Waals surface area contributed by atoms with Crippen LogP contribution in [-0.2, 0) is 13.0 Å². The van der Waals surface area contributed by atoms with Gasteiger partial charge in [-0.15, -0.1) is 10.2 Å². The maximum atomic E-state index is 4.39. The molecule has 1 aromatic rings. The third-order valence-corrected chi connectivity index (χ3v) is 6.08. The standard InChI is InChI=1S/C19H36N6S/c1-6-19(10-8-11-19)14-22-17(20-4)21-12-7-9-16-23-24-18(26-5)25(16)13-15(2)3/h15H,6-14H2,1-5H3,(H2,20,21,22). The zero-order chi connectivity index (χ0) is 19.0. The highest BCUT2D eigenvalue weighted by Crippen LogP contribution is 2.42. The van der Waals surface area contributed by atoms with Crippen molar-refractivity contribution in [1.82, 2.24) is 25.4 Å². The predicted octanol–water partition coefficient (Wildman–Crippen LogP) is 3.33. The summed E-state index contributed by atoms with van der Waals surface area (Å²) in [6, 6.07) is 0. The first-order chi connectivity index (χ1) is 12.5. The Kier molecular flexibility index (Phi) is 8.25. The van der Waals surface area contributed by atoms with Crippen molar-refractivity contribution in [3.8, 4) is 0 Å². The largest absolute Gasteiger partial charge is 0.356 e. The van der Waals surface area contributed by atoms with Gasteiger partial charge >= 0.3 is 0 Å². The SMILES string of the molecule is CCC1(CNC(=NC)NCCCc2nnc(SC)n2CC(C)C)CCC1. The van der Waals surface area contributed by atoms with Gasteiger partial charge in [-0.25, -0.2) is 0 Å². The van der Waals surface area contributed by atoms with Crippen LogP contribution in [0.25, 0.3) is 0 Å². The van der Waals surface area contributed by atoms with Crippen LogP contribution in [0.3, 0.4) is 0 Å². The van der Waals surface area contributed by atoms with Gasteiger partial charge in [-0.3, -0.25) is 4.99 Å². The Labute approximate surface area is 163 Å². The van der Waals surface area contributed by atoms with Crippen molar-refractivity contribution >= 4 is 17.7 Å². The summed E-state index contributed by atoms with van der Waals surface area (Å²) in [4.78, 5) is 4.36. The van der Waals surface area contributed by atoms with Crippen molar-refractivity contribution in [1.29, 1.82) is 0 Å². The van der Waals surface area contributed by atoms with Crippen molar-refractivity contribution in [2.75, 3.05) is 26.4 Å². The lowest BCUT2D eigenvalue weighted by Crippen LogP contribution is -2.46. The van der Waals surface area contributed by atoms with E-state index in [1.54, 1.807) is 11.8 Å². The Bertz CT molecular complexity index is 571. The number of hydrogen-bond acceptors (Lipinski definition) is 4. The summed E-state index contributed by atoms with van der Waals surface area (Å²) in [5.41, 5.74) is 0.499. The summed E-state index contributed by atoms with van der Waals surface area (Å²) in [5, 5.41) is 16.7. The molecule has 0 aliphatic heterocycles. The van der Waals surface area contributed by atoms with Crippen LogP contribution in [0.5, 0.6) is 0 Å². The van der Waals surface area contributed by atoms with Crippen LogP contribution in [0.15, 0.2) is 10.1 Å². The zero-order valence-electron chi connectivity index (χ0n) is 17.1. The molecule has 1 aliphatic rings. The number of rotatable bonds is 10. The summed E-state index contributed by atoms with van der Waals surface area (Å²) in [5.74, 6) is 2.60. The Morgan fingerprint density at radius 2 is 2.08 bits per heavy atom. The summed E-state index contributed by atoms with van der Waals surface area (Å²) in [6.07, 6.45) is 9.32. The van der Waals surface area contributed by atoms with Crippen LogP contribution in [0, 0.1) is 11.3 Å². The molecule has 1 saturated carbocycles. The van der Waals surface area contributed by atoms with Crippen molar-refractivity contribution in [2.45, 2.75) is 71.0 Å². The van der Waals surface area contributed by atoms with E-state index in [1.165, 1.54) is 25.7 Å². The van der Waals surface area contributed by atoms with Gasteiger partial charge in [0.05, 0.1) is 0 Å². The minimum absolute atomic E-state index is 0.499. The van der Waals surface area contributed by atoms with Crippen LogP contribution in [-0.4, -0.2) is 47.1 Å². The fourth-order valence-electron chi connectivity index (χ4n) is 3.48. The number of guanidine groups is 1. The molecule has 0 saturated heterocycles. The molecule has 1 fully saturated rings. The molecule has 0 amide bonds. The van der Waals surface area contributed by atoms with Gasteiger partial charge in [-0.05, 0) is 43.3 Å². The highest BCUT2D eigenvalue weighted by molar-refractivity contribution is 7.98. The lowest BCUT2D eigenvalue weighted by atomic mass is 9.67. The van der Waals surface area contributed by atoms with Crippen LogP contribution in [0.1, 0.15) is 58.7 Å². The first-order valence-electron chi connectivity index (χ1n) is 9.94. The molecule has 0 bridgehead atoms. The zero-order valence-corrected chi connectivity index (χ0v) is 18.0. The maximum absolute atomic E-state index is 4.39. The molecule has 7 heteroatoms. The van der Waals surface area contributed by atoms with Gasteiger partial charge in [0.25, 0.3) is 0 Å². The van der Waals surface area contributed by atoms with E-state index in [0.717, 1.165) is 49.4 Å². The number of nitrogens with zero attached hydrogens (tertiary/aromatic N) is 4. The minimum atomic E-state index is 0.499. The van der Waals surface area contributed by atoms with Gasteiger partial charge in [0, 0.05) is 33.1 Å². The number of aromatic nitrogens is 3. The normalized spacial score (nSPS) is 16.6. The average Bonchev–Trinajstić information content (AvgIpc) is 2.97. The summed E-state index contributed by atoms with van der Waals surface area (Å²) < 4.78 is 2.27. The van der Waals surface area contributed by atoms with Gasteiger partial charge in [-0.1, -0.05) is 39.0 Å². The minimum Gasteiger partial charge on any atom is -0.356 e. The van der Waals surface area contributed by atoms with Crippen LogP contribution < -0.4 is 10.6 Å². The molecule has 26 heavy (non-hydrogen) atoms. The molecule has 148 valence electrons. The monoisotopic (exact) mass is 380 g/mol. The number of aliphatic imine (C=N–C) groups is 1. The molecular weight excluding hydrogens is 344 g/mol. The average molecular weight is 381 g/mol. The Hall–Kier alpha value is -1.24. The van der Waals surface area contributed by atoms with E-state index in [1.807, 2.05) is 7.05 Å². The Balaban J connectivity index is 1.76. The maximum Gasteiger partial charge on any atom is 0.190 e. The number of nitrogens with one attached hydrogen (secondary N) is 2. The molecule has 1 heterocycles. The van der Waals surface area contributed by atoms with E-state index in [2.05, 4.69) is 57.4 Å². The molecule has 0 aromatic carbocycles. The molecule has 0 unspecified atom stereocenters. The van der Waals surface area contributed by atoms with Crippen LogP contribution >= 0.6 is 11.8 Å². The first-order valence-corrected chi connectivity index (χ1v) is 11.2. The molecule has 0 radical (unpaired) electrons. The van der Waals surface area contributed by atoms with Gasteiger partial charge in [-0.2, -0.15) is 0 Å².